The molecule has 17 heavy (non-hydrogen) atoms. The molecule has 0 spiro atoms. The Kier molecular flexibility index (Phi) is 4.05. The summed E-state index contributed by atoms with van der Waals surface area (Å²) in [5, 5.41) is 3.47. The van der Waals surface area contributed by atoms with E-state index in [2.05, 4.69) is 15.3 Å². The molecule has 1 aromatic carbocycles. The number of aromatic nitrogens is 2. The Bertz CT molecular complexity index is 494. The van der Waals surface area contributed by atoms with Gasteiger partial charge in [-0.15, -0.1) is 0 Å². The fourth-order valence-electron chi connectivity index (χ4n) is 1.25. The predicted molar refractivity (Wildman–Crippen MR) is 70.8 cm³/mol. The molecule has 2 aromatic rings. The quantitative estimate of drug-likeness (QED) is 0.866. The molecule has 0 aliphatic carbocycles. The van der Waals surface area contributed by atoms with Gasteiger partial charge in [0.1, 0.15) is 5.02 Å². The number of nitrogens with zero attached hydrogens (tertiary/aromatic N) is 2. The Morgan fingerprint density at radius 2 is 1.53 bits per heavy atom. The van der Waals surface area contributed by atoms with E-state index >= 15 is 0 Å². The van der Waals surface area contributed by atoms with Gasteiger partial charge in [0.2, 0.25) is 5.95 Å². The average Bonchev–Trinajstić information content (AvgIpc) is 2.34. The molecular weight excluding hydrogens is 281 g/mol. The van der Waals surface area contributed by atoms with Gasteiger partial charge in [0, 0.05) is 6.54 Å². The van der Waals surface area contributed by atoms with Crippen molar-refractivity contribution in [1.82, 2.24) is 9.97 Å². The van der Waals surface area contributed by atoms with Crippen LogP contribution in [0, 0.1) is 0 Å². The minimum atomic E-state index is 0.141. The van der Waals surface area contributed by atoms with Gasteiger partial charge in [-0.2, -0.15) is 9.97 Å². The van der Waals surface area contributed by atoms with Crippen LogP contribution in [0.2, 0.25) is 15.3 Å². The second-order valence-corrected chi connectivity index (χ2v) is 4.38. The van der Waals surface area contributed by atoms with Gasteiger partial charge in [0.15, 0.2) is 10.3 Å². The molecule has 1 aromatic heterocycles. The second-order valence-electron chi connectivity index (χ2n) is 3.28. The summed E-state index contributed by atoms with van der Waals surface area (Å²) in [7, 11) is 0. The van der Waals surface area contributed by atoms with Crippen LogP contribution in [0.4, 0.5) is 5.95 Å². The van der Waals surface area contributed by atoms with Gasteiger partial charge in [0.25, 0.3) is 0 Å². The molecule has 2 rings (SSSR count). The fourth-order valence-corrected chi connectivity index (χ4v) is 1.72. The van der Waals surface area contributed by atoms with Crippen LogP contribution in [0.3, 0.4) is 0 Å². The lowest BCUT2D eigenvalue weighted by atomic mass is 10.2. The molecule has 3 nitrogen and oxygen atoms in total. The number of nitrogens with one attached hydrogen (secondary N) is 1. The standard InChI is InChI=1S/C11H8Cl3N3/c12-8-9(13)16-11(17-10(8)14)15-6-7-4-2-1-3-5-7/h1-5H,6H2,(H,15,16,17). The lowest BCUT2D eigenvalue weighted by molar-refractivity contribution is 1.05. The van der Waals surface area contributed by atoms with E-state index in [-0.39, 0.29) is 15.3 Å². The number of hydrogen-bond donors (Lipinski definition) is 1. The van der Waals surface area contributed by atoms with Crippen molar-refractivity contribution in [2.45, 2.75) is 6.54 Å². The van der Waals surface area contributed by atoms with E-state index in [1.165, 1.54) is 0 Å². The first-order chi connectivity index (χ1) is 8.16. The highest BCUT2D eigenvalue weighted by atomic mass is 35.5. The van der Waals surface area contributed by atoms with Crippen LogP contribution in [0.15, 0.2) is 30.3 Å². The summed E-state index contributed by atoms with van der Waals surface area (Å²) in [4.78, 5) is 7.95. The number of halogens is 3. The molecule has 88 valence electrons. The van der Waals surface area contributed by atoms with Crippen molar-refractivity contribution in [3.8, 4) is 0 Å². The monoisotopic (exact) mass is 287 g/mol. The van der Waals surface area contributed by atoms with E-state index in [9.17, 15) is 0 Å². The molecule has 0 unspecified atom stereocenters. The van der Waals surface area contributed by atoms with Gasteiger partial charge in [-0.3, -0.25) is 0 Å². The molecule has 0 saturated carbocycles. The first-order valence-electron chi connectivity index (χ1n) is 4.83. The van der Waals surface area contributed by atoms with E-state index in [1.54, 1.807) is 0 Å². The predicted octanol–water partition coefficient (Wildman–Crippen LogP) is 4.05. The molecule has 1 heterocycles. The normalized spacial score (nSPS) is 10.3. The zero-order valence-electron chi connectivity index (χ0n) is 8.62. The van der Waals surface area contributed by atoms with Crippen molar-refractivity contribution in [2.24, 2.45) is 0 Å². The molecule has 0 fully saturated rings. The molecule has 0 bridgehead atoms. The van der Waals surface area contributed by atoms with Crippen LogP contribution in [0.5, 0.6) is 0 Å². The van der Waals surface area contributed by atoms with E-state index in [1.807, 2.05) is 30.3 Å². The zero-order valence-corrected chi connectivity index (χ0v) is 10.9. The largest absolute Gasteiger partial charge is 0.350 e. The molecule has 0 aliphatic rings. The lowest BCUT2D eigenvalue weighted by Crippen LogP contribution is -2.04. The van der Waals surface area contributed by atoms with E-state index in [4.69, 9.17) is 34.8 Å². The Labute approximate surface area is 114 Å². The molecule has 0 saturated heterocycles. The fraction of sp³-hybridized carbons (Fsp3) is 0.0909. The zero-order chi connectivity index (χ0) is 12.3. The third-order valence-corrected chi connectivity index (χ3v) is 3.16. The van der Waals surface area contributed by atoms with Gasteiger partial charge < -0.3 is 5.32 Å². The maximum absolute atomic E-state index is 5.79. The number of anilines is 1. The summed E-state index contributed by atoms with van der Waals surface area (Å²) in [6.45, 7) is 0.592. The summed E-state index contributed by atoms with van der Waals surface area (Å²) in [6.07, 6.45) is 0. The third-order valence-electron chi connectivity index (χ3n) is 2.06. The molecular formula is C11H8Cl3N3. The first-order valence-corrected chi connectivity index (χ1v) is 5.96. The van der Waals surface area contributed by atoms with E-state index < -0.39 is 0 Å². The van der Waals surface area contributed by atoms with Crippen molar-refractivity contribution < 1.29 is 0 Å². The second kappa shape index (κ2) is 5.54. The van der Waals surface area contributed by atoms with Crippen LogP contribution in [0.25, 0.3) is 0 Å². The molecule has 1 N–H and O–H groups in total. The van der Waals surface area contributed by atoms with Crippen LogP contribution in [-0.2, 0) is 6.54 Å². The highest BCUT2D eigenvalue weighted by molar-refractivity contribution is 6.46. The maximum Gasteiger partial charge on any atom is 0.225 e. The minimum Gasteiger partial charge on any atom is -0.350 e. The maximum atomic E-state index is 5.79. The highest BCUT2D eigenvalue weighted by Gasteiger charge is 2.08. The van der Waals surface area contributed by atoms with E-state index in [0.29, 0.717) is 12.5 Å². The van der Waals surface area contributed by atoms with Gasteiger partial charge in [0.05, 0.1) is 0 Å². The Morgan fingerprint density at radius 3 is 2.12 bits per heavy atom. The van der Waals surface area contributed by atoms with Crippen LogP contribution >= 0.6 is 34.8 Å². The Balaban J connectivity index is 2.10. The highest BCUT2D eigenvalue weighted by Crippen LogP contribution is 2.27. The number of benzene rings is 1. The van der Waals surface area contributed by atoms with Crippen LogP contribution < -0.4 is 5.32 Å². The van der Waals surface area contributed by atoms with Crippen LogP contribution in [-0.4, -0.2) is 9.97 Å². The van der Waals surface area contributed by atoms with Crippen LogP contribution in [0.1, 0.15) is 5.56 Å². The van der Waals surface area contributed by atoms with E-state index in [0.717, 1.165) is 5.56 Å². The Morgan fingerprint density at radius 1 is 0.941 bits per heavy atom. The van der Waals surface area contributed by atoms with Gasteiger partial charge in [-0.05, 0) is 5.56 Å². The Hall–Kier alpha value is -1.03. The summed E-state index contributed by atoms with van der Waals surface area (Å²) in [6, 6.07) is 9.85. The average molecular weight is 289 g/mol. The molecule has 6 heteroatoms. The first kappa shape index (κ1) is 12.4. The third kappa shape index (κ3) is 3.22. The smallest absolute Gasteiger partial charge is 0.225 e. The SMILES string of the molecule is Clc1nc(NCc2ccccc2)nc(Cl)c1Cl. The minimum absolute atomic E-state index is 0.141. The molecule has 0 atom stereocenters. The van der Waals surface area contributed by atoms with Crippen molar-refractivity contribution in [3.63, 3.8) is 0 Å². The number of rotatable bonds is 3. The summed E-state index contributed by atoms with van der Waals surface area (Å²) in [5.41, 5.74) is 1.11. The van der Waals surface area contributed by atoms with Crippen molar-refractivity contribution in [1.29, 1.82) is 0 Å². The molecule has 0 radical (unpaired) electrons. The van der Waals surface area contributed by atoms with Gasteiger partial charge >= 0.3 is 0 Å². The summed E-state index contributed by atoms with van der Waals surface area (Å²) in [5.74, 6) is 0.355. The summed E-state index contributed by atoms with van der Waals surface area (Å²) < 4.78 is 0. The van der Waals surface area contributed by atoms with Crippen molar-refractivity contribution >= 4 is 40.8 Å². The van der Waals surface area contributed by atoms with Gasteiger partial charge in [-0.25, -0.2) is 0 Å². The van der Waals surface area contributed by atoms with Crippen molar-refractivity contribution in [2.75, 3.05) is 5.32 Å². The topological polar surface area (TPSA) is 37.8 Å². The molecule has 0 aliphatic heterocycles. The summed E-state index contributed by atoms with van der Waals surface area (Å²) >= 11 is 17.3. The molecule has 0 amide bonds. The lowest BCUT2D eigenvalue weighted by Gasteiger charge is -2.06. The van der Waals surface area contributed by atoms with Crippen molar-refractivity contribution in [3.05, 3.63) is 51.2 Å². The number of hydrogen-bond acceptors (Lipinski definition) is 3. The van der Waals surface area contributed by atoms with Gasteiger partial charge in [-0.1, -0.05) is 65.1 Å².